The second-order valence-corrected chi connectivity index (χ2v) is 3.79. The molecule has 0 unspecified atom stereocenters. The number of nitrogens with zero attached hydrogens (tertiary/aromatic N) is 3. The average Bonchev–Trinajstić information content (AvgIpc) is 2.72. The Balaban J connectivity index is 2.20. The van der Waals surface area contributed by atoms with E-state index in [-0.39, 0.29) is 6.61 Å². The zero-order chi connectivity index (χ0) is 11.4. The first kappa shape index (κ1) is 11.1. The molecular weight excluding hydrogens is 202 g/mol. The summed E-state index contributed by atoms with van der Waals surface area (Å²) < 4.78 is 1.88. The highest BCUT2D eigenvalue weighted by Crippen LogP contribution is 2.12. The van der Waals surface area contributed by atoms with Gasteiger partial charge in [-0.05, 0) is 18.7 Å². The van der Waals surface area contributed by atoms with E-state index >= 15 is 0 Å². The minimum absolute atomic E-state index is 0.201. The van der Waals surface area contributed by atoms with Gasteiger partial charge in [0, 0.05) is 24.8 Å². The third-order valence-electron chi connectivity index (χ3n) is 2.76. The van der Waals surface area contributed by atoms with Crippen LogP contribution in [0.1, 0.15) is 12.5 Å². The molecule has 2 aromatic rings. The van der Waals surface area contributed by atoms with Gasteiger partial charge in [0.25, 0.3) is 0 Å². The van der Waals surface area contributed by atoms with Crippen LogP contribution in [0.2, 0.25) is 0 Å². The van der Waals surface area contributed by atoms with Crippen molar-refractivity contribution in [3.63, 3.8) is 0 Å². The predicted molar refractivity (Wildman–Crippen MR) is 63.2 cm³/mol. The topological polar surface area (TPSA) is 40.8 Å². The fourth-order valence-electron chi connectivity index (χ4n) is 1.84. The van der Waals surface area contributed by atoms with E-state index in [9.17, 15) is 0 Å². The normalized spacial score (nSPS) is 11.4. The number of fused-ring (bicyclic) bond motifs is 1. The lowest BCUT2D eigenvalue weighted by atomic mass is 10.2. The molecule has 0 saturated heterocycles. The number of pyridine rings is 1. The molecule has 2 aromatic heterocycles. The van der Waals surface area contributed by atoms with Crippen LogP contribution in [0.25, 0.3) is 5.52 Å². The molecule has 0 aliphatic carbocycles. The summed E-state index contributed by atoms with van der Waals surface area (Å²) in [5, 5.41) is 13.2. The molecule has 0 amide bonds. The van der Waals surface area contributed by atoms with E-state index in [1.165, 1.54) is 5.56 Å². The van der Waals surface area contributed by atoms with Crippen molar-refractivity contribution in [2.45, 2.75) is 13.5 Å². The van der Waals surface area contributed by atoms with Gasteiger partial charge in [0.2, 0.25) is 0 Å². The first-order valence-corrected chi connectivity index (χ1v) is 5.59. The average molecular weight is 219 g/mol. The zero-order valence-electron chi connectivity index (χ0n) is 9.50. The maximum absolute atomic E-state index is 8.95. The number of hydrogen-bond acceptors (Lipinski definition) is 3. The lowest BCUT2D eigenvalue weighted by Crippen LogP contribution is -2.25. The van der Waals surface area contributed by atoms with Crippen LogP contribution in [0, 0.1) is 0 Å². The summed E-state index contributed by atoms with van der Waals surface area (Å²) in [7, 11) is 0. The van der Waals surface area contributed by atoms with Crippen molar-refractivity contribution in [1.29, 1.82) is 0 Å². The van der Waals surface area contributed by atoms with E-state index in [1.54, 1.807) is 0 Å². The van der Waals surface area contributed by atoms with Crippen molar-refractivity contribution in [3.8, 4) is 0 Å². The molecule has 2 heterocycles. The molecule has 0 bridgehead atoms. The van der Waals surface area contributed by atoms with Gasteiger partial charge in [-0.1, -0.05) is 13.0 Å². The van der Waals surface area contributed by atoms with Gasteiger partial charge in [0.05, 0.1) is 18.3 Å². The molecule has 1 N–H and O–H groups in total. The molecule has 0 spiro atoms. The van der Waals surface area contributed by atoms with Crippen LogP contribution >= 0.6 is 0 Å². The Morgan fingerprint density at radius 1 is 1.44 bits per heavy atom. The van der Waals surface area contributed by atoms with Crippen LogP contribution in [-0.2, 0) is 6.54 Å². The number of hydrogen-bond donors (Lipinski definition) is 1. The SMILES string of the molecule is CCN(CCO)Cc1cnn2ccccc12. The summed E-state index contributed by atoms with van der Waals surface area (Å²) in [4.78, 5) is 2.20. The molecule has 86 valence electrons. The van der Waals surface area contributed by atoms with E-state index in [2.05, 4.69) is 23.0 Å². The zero-order valence-corrected chi connectivity index (χ0v) is 9.50. The molecule has 0 saturated carbocycles. The van der Waals surface area contributed by atoms with Gasteiger partial charge < -0.3 is 5.11 Å². The Kier molecular flexibility index (Phi) is 3.54. The van der Waals surface area contributed by atoms with Crippen molar-refractivity contribution in [2.24, 2.45) is 0 Å². The summed E-state index contributed by atoms with van der Waals surface area (Å²) >= 11 is 0. The monoisotopic (exact) mass is 219 g/mol. The van der Waals surface area contributed by atoms with Gasteiger partial charge in [0.1, 0.15) is 0 Å². The van der Waals surface area contributed by atoms with E-state index in [0.717, 1.165) is 18.6 Å². The van der Waals surface area contributed by atoms with Crippen LogP contribution in [0.3, 0.4) is 0 Å². The van der Waals surface area contributed by atoms with Gasteiger partial charge >= 0.3 is 0 Å². The van der Waals surface area contributed by atoms with E-state index in [1.807, 2.05) is 29.0 Å². The molecule has 2 rings (SSSR count). The number of aliphatic hydroxyl groups excluding tert-OH is 1. The lowest BCUT2D eigenvalue weighted by Gasteiger charge is -2.18. The second-order valence-electron chi connectivity index (χ2n) is 3.79. The molecule has 16 heavy (non-hydrogen) atoms. The molecule has 0 atom stereocenters. The summed E-state index contributed by atoms with van der Waals surface area (Å²) in [6, 6.07) is 6.05. The van der Waals surface area contributed by atoms with E-state index < -0.39 is 0 Å². The Labute approximate surface area is 95.1 Å². The van der Waals surface area contributed by atoms with Gasteiger partial charge in [-0.3, -0.25) is 4.90 Å². The Hall–Kier alpha value is -1.39. The van der Waals surface area contributed by atoms with Gasteiger partial charge in [-0.25, -0.2) is 4.52 Å². The minimum atomic E-state index is 0.201. The van der Waals surface area contributed by atoms with Crippen LogP contribution < -0.4 is 0 Å². The standard InChI is InChI=1S/C12H17N3O/c1-2-14(7-8-16)10-11-9-13-15-6-4-3-5-12(11)15/h3-6,9,16H,2,7-8,10H2,1H3. The highest BCUT2D eigenvalue weighted by atomic mass is 16.3. The van der Waals surface area contributed by atoms with Crippen molar-refractivity contribution in [3.05, 3.63) is 36.2 Å². The Bertz CT molecular complexity index is 452. The van der Waals surface area contributed by atoms with Crippen molar-refractivity contribution in [2.75, 3.05) is 19.7 Å². The number of aromatic nitrogens is 2. The maximum Gasteiger partial charge on any atom is 0.0706 e. The molecule has 0 aliphatic heterocycles. The fourth-order valence-corrected chi connectivity index (χ4v) is 1.84. The molecule has 0 fully saturated rings. The first-order valence-electron chi connectivity index (χ1n) is 5.59. The summed E-state index contributed by atoms with van der Waals surface area (Å²) in [6.45, 7) is 4.78. The van der Waals surface area contributed by atoms with Crippen molar-refractivity contribution in [1.82, 2.24) is 14.5 Å². The quantitative estimate of drug-likeness (QED) is 0.820. The van der Waals surface area contributed by atoms with Crippen molar-refractivity contribution >= 4 is 5.52 Å². The van der Waals surface area contributed by atoms with E-state index in [0.29, 0.717) is 6.54 Å². The maximum atomic E-state index is 8.95. The van der Waals surface area contributed by atoms with Crippen LogP contribution in [0.5, 0.6) is 0 Å². The Morgan fingerprint density at radius 3 is 3.06 bits per heavy atom. The number of rotatable bonds is 5. The molecule has 0 aromatic carbocycles. The first-order chi connectivity index (χ1) is 7.85. The smallest absolute Gasteiger partial charge is 0.0706 e. The third-order valence-corrected chi connectivity index (χ3v) is 2.76. The largest absolute Gasteiger partial charge is 0.395 e. The predicted octanol–water partition coefficient (Wildman–Crippen LogP) is 1.15. The summed E-state index contributed by atoms with van der Waals surface area (Å²) in [5.41, 5.74) is 2.34. The van der Waals surface area contributed by atoms with Crippen LogP contribution in [0.4, 0.5) is 0 Å². The molecular formula is C12H17N3O. The van der Waals surface area contributed by atoms with Gasteiger partial charge in [0.15, 0.2) is 0 Å². The lowest BCUT2D eigenvalue weighted by molar-refractivity contribution is 0.197. The summed E-state index contributed by atoms with van der Waals surface area (Å²) in [6.07, 6.45) is 3.84. The highest BCUT2D eigenvalue weighted by molar-refractivity contribution is 5.53. The second kappa shape index (κ2) is 5.09. The summed E-state index contributed by atoms with van der Waals surface area (Å²) in [5.74, 6) is 0. The minimum Gasteiger partial charge on any atom is -0.395 e. The number of likely N-dealkylation sites (N-methyl/N-ethyl adjacent to an activating group) is 1. The molecule has 0 aliphatic rings. The van der Waals surface area contributed by atoms with Crippen LogP contribution in [-0.4, -0.2) is 39.3 Å². The highest BCUT2D eigenvalue weighted by Gasteiger charge is 2.07. The molecule has 4 nitrogen and oxygen atoms in total. The van der Waals surface area contributed by atoms with Gasteiger partial charge in [-0.2, -0.15) is 5.10 Å². The van der Waals surface area contributed by atoms with Crippen molar-refractivity contribution < 1.29 is 5.11 Å². The molecule has 4 heteroatoms. The number of aliphatic hydroxyl groups is 1. The van der Waals surface area contributed by atoms with Crippen LogP contribution in [0.15, 0.2) is 30.6 Å². The fraction of sp³-hybridized carbons (Fsp3) is 0.417. The third kappa shape index (κ3) is 2.23. The van der Waals surface area contributed by atoms with E-state index in [4.69, 9.17) is 5.11 Å². The Morgan fingerprint density at radius 2 is 2.31 bits per heavy atom. The molecule has 0 radical (unpaired) electrons. The van der Waals surface area contributed by atoms with Gasteiger partial charge in [-0.15, -0.1) is 0 Å².